The number of methoxy groups -OCH3 is 1. The summed E-state index contributed by atoms with van der Waals surface area (Å²) in [6, 6.07) is 6.57. The molecule has 4 heterocycles. The minimum Gasteiger partial charge on any atom is -0.455 e. The molecule has 0 aromatic heterocycles. The number of morpholine rings is 1. The van der Waals surface area contributed by atoms with Crippen molar-refractivity contribution in [3.63, 3.8) is 0 Å². The summed E-state index contributed by atoms with van der Waals surface area (Å²) in [5, 5.41) is 13.7. The molecule has 1 unspecified atom stereocenters. The Kier molecular flexibility index (Phi) is 14.9. The van der Waals surface area contributed by atoms with Crippen LogP contribution in [0, 0.1) is 17.8 Å². The Hall–Kier alpha value is -3.14. The lowest BCUT2D eigenvalue weighted by molar-refractivity contribution is -0.163. The molecular formula is C40H57BrN4O9. The molecule has 0 radical (unpaired) electrons. The second-order valence-electron chi connectivity index (χ2n) is 15.1. The van der Waals surface area contributed by atoms with E-state index in [1.54, 1.807) is 17.1 Å². The predicted octanol–water partition coefficient (Wildman–Crippen LogP) is 2.87. The molecule has 2 bridgehead atoms. The number of esters is 1. The van der Waals surface area contributed by atoms with E-state index in [1.807, 2.05) is 44.2 Å². The summed E-state index contributed by atoms with van der Waals surface area (Å²) in [4.78, 5) is 62.6. The number of rotatable bonds is 20. The van der Waals surface area contributed by atoms with Gasteiger partial charge in [0.25, 0.3) is 0 Å². The first-order valence-corrected chi connectivity index (χ1v) is 20.0. The molecule has 4 aliphatic heterocycles. The molecule has 14 heteroatoms. The number of ether oxygens (including phenoxy) is 4. The van der Waals surface area contributed by atoms with Gasteiger partial charge in [0.05, 0.1) is 56.5 Å². The van der Waals surface area contributed by atoms with Gasteiger partial charge in [-0.2, -0.15) is 0 Å². The average molecular weight is 818 g/mol. The number of nitrogens with one attached hydrogen (secondary N) is 1. The molecule has 1 spiro atoms. The summed E-state index contributed by atoms with van der Waals surface area (Å²) in [7, 11) is 1.50. The molecule has 13 nitrogen and oxygen atoms in total. The number of halogens is 1. The van der Waals surface area contributed by atoms with Crippen LogP contribution in [0.4, 0.5) is 0 Å². The maximum atomic E-state index is 15.0. The van der Waals surface area contributed by atoms with Crippen LogP contribution < -0.4 is 5.32 Å². The summed E-state index contributed by atoms with van der Waals surface area (Å²) >= 11 is 3.76. The Morgan fingerprint density at radius 3 is 2.52 bits per heavy atom. The summed E-state index contributed by atoms with van der Waals surface area (Å²) in [6.07, 6.45) is 3.03. The highest BCUT2D eigenvalue weighted by molar-refractivity contribution is 9.09. The van der Waals surface area contributed by atoms with Crippen molar-refractivity contribution in [3.05, 3.63) is 61.2 Å². The van der Waals surface area contributed by atoms with Crippen LogP contribution in [0.5, 0.6) is 0 Å². The maximum Gasteiger partial charge on any atom is 0.313 e. The Bertz CT molecular complexity index is 1480. The van der Waals surface area contributed by atoms with Crippen molar-refractivity contribution in [2.24, 2.45) is 17.8 Å². The molecule has 4 fully saturated rings. The van der Waals surface area contributed by atoms with Crippen molar-refractivity contribution < 1.29 is 43.2 Å². The van der Waals surface area contributed by atoms with Gasteiger partial charge in [-0.15, -0.1) is 13.2 Å². The molecular weight excluding hydrogens is 760 g/mol. The summed E-state index contributed by atoms with van der Waals surface area (Å²) in [6.45, 7) is 15.3. The largest absolute Gasteiger partial charge is 0.455 e. The molecule has 2 N–H and O–H groups in total. The first-order valence-electron chi connectivity index (χ1n) is 19.1. The van der Waals surface area contributed by atoms with Crippen molar-refractivity contribution in [2.75, 3.05) is 66.3 Å². The van der Waals surface area contributed by atoms with Crippen molar-refractivity contribution in [1.82, 2.24) is 20.0 Å². The minimum absolute atomic E-state index is 0.0476. The molecule has 3 amide bonds. The average Bonchev–Trinajstić information content (AvgIpc) is 3.77. The van der Waals surface area contributed by atoms with E-state index in [9.17, 15) is 24.3 Å². The molecule has 54 heavy (non-hydrogen) atoms. The van der Waals surface area contributed by atoms with Gasteiger partial charge in [-0.25, -0.2) is 0 Å². The van der Waals surface area contributed by atoms with Crippen molar-refractivity contribution >= 4 is 39.6 Å². The van der Waals surface area contributed by atoms with Crippen molar-refractivity contribution in [1.29, 1.82) is 0 Å². The lowest BCUT2D eigenvalue weighted by Gasteiger charge is -2.40. The van der Waals surface area contributed by atoms with E-state index in [-0.39, 0.29) is 48.7 Å². The predicted molar refractivity (Wildman–Crippen MR) is 205 cm³/mol. The van der Waals surface area contributed by atoms with Gasteiger partial charge in [0.1, 0.15) is 17.7 Å². The highest BCUT2D eigenvalue weighted by atomic mass is 79.9. The molecule has 9 atom stereocenters. The number of allylic oxidation sites excluding steroid dienone is 1. The minimum atomic E-state index is -1.35. The highest BCUT2D eigenvalue weighted by Gasteiger charge is 2.77. The van der Waals surface area contributed by atoms with Crippen molar-refractivity contribution in [3.8, 4) is 0 Å². The van der Waals surface area contributed by atoms with Gasteiger partial charge in [-0.3, -0.25) is 24.1 Å². The lowest BCUT2D eigenvalue weighted by Crippen LogP contribution is -2.59. The van der Waals surface area contributed by atoms with Crippen LogP contribution in [0.25, 0.3) is 0 Å². The van der Waals surface area contributed by atoms with E-state index < -0.39 is 59.6 Å². The monoisotopic (exact) mass is 816 g/mol. The zero-order valence-electron chi connectivity index (χ0n) is 31.8. The van der Waals surface area contributed by atoms with Gasteiger partial charge in [-0.1, -0.05) is 72.3 Å². The smallest absolute Gasteiger partial charge is 0.313 e. The quantitative estimate of drug-likeness (QED) is 0.115. The number of benzene rings is 1. The molecule has 0 saturated carbocycles. The Morgan fingerprint density at radius 2 is 1.89 bits per heavy atom. The standard InChI is InChI=1S/C40H57BrN4O9/c1-6-8-14-31(47)42-30(25-51-5)34(27-12-10-9-11-13-27)53-39(50)32-33-37(48)45(28(24-46)22-26(3)4)36(40(33)23-29(41)35(32)54-40)38(49)44(15-7-2)17-16-43-18-20-52-21-19-43/h6-7,9-13,26,28-30,32-36,46H,1-2,8,14-25H2,3-5H3,(H,42,47)/t28-,29?,30-,32+,33-,34-,35+,36+,40-/m1/s1. The zero-order chi connectivity index (χ0) is 39.0. The van der Waals surface area contributed by atoms with Crippen LogP contribution >= 0.6 is 15.9 Å². The molecule has 298 valence electrons. The number of carbonyl (C=O) groups excluding carboxylic acids is 4. The molecule has 0 aliphatic carbocycles. The van der Waals surface area contributed by atoms with E-state index in [1.165, 1.54) is 12.0 Å². The van der Waals surface area contributed by atoms with Gasteiger partial charge in [0.2, 0.25) is 17.7 Å². The normalized spacial score (nSPS) is 28.0. The third-order valence-corrected chi connectivity index (χ3v) is 11.9. The first kappa shape index (κ1) is 42.0. The Labute approximate surface area is 327 Å². The number of carbonyl (C=O) groups is 4. The molecule has 4 saturated heterocycles. The number of aliphatic hydroxyl groups excluding tert-OH is 1. The third-order valence-electron chi connectivity index (χ3n) is 11.0. The van der Waals surface area contributed by atoms with Gasteiger partial charge >= 0.3 is 5.97 Å². The van der Waals surface area contributed by atoms with Crippen LogP contribution in [0.1, 0.15) is 51.2 Å². The van der Waals surface area contributed by atoms with E-state index in [0.29, 0.717) is 51.1 Å². The van der Waals surface area contributed by atoms with Gasteiger partial charge in [0, 0.05) is 51.1 Å². The number of likely N-dealkylation sites (tertiary alicyclic amines) is 1. The number of amides is 3. The van der Waals surface area contributed by atoms with E-state index in [4.69, 9.17) is 18.9 Å². The fourth-order valence-corrected chi connectivity index (χ4v) is 9.60. The summed E-state index contributed by atoms with van der Waals surface area (Å²) < 4.78 is 24.2. The number of hydrogen-bond donors (Lipinski definition) is 2. The second-order valence-corrected chi connectivity index (χ2v) is 16.3. The van der Waals surface area contributed by atoms with Crippen LogP contribution in [0.15, 0.2) is 55.6 Å². The molecule has 5 rings (SSSR count). The van der Waals surface area contributed by atoms with Gasteiger partial charge in [-0.05, 0) is 30.7 Å². The van der Waals surface area contributed by atoms with Crippen LogP contribution in [0.3, 0.4) is 0 Å². The van der Waals surface area contributed by atoms with Crippen molar-refractivity contribution in [2.45, 2.75) is 80.3 Å². The lowest BCUT2D eigenvalue weighted by atomic mass is 9.70. The molecule has 1 aromatic rings. The van der Waals surface area contributed by atoms with E-state index >= 15 is 0 Å². The van der Waals surface area contributed by atoms with Gasteiger partial charge in [0.15, 0.2) is 0 Å². The first-order chi connectivity index (χ1) is 26.0. The van der Waals surface area contributed by atoms with Crippen LogP contribution in [0.2, 0.25) is 0 Å². The van der Waals surface area contributed by atoms with E-state index in [0.717, 1.165) is 13.1 Å². The SMILES string of the molecule is C=CCCC(=O)N[C@H](COC)[C@H](OC(=O)[C@@H]1[C@H]2O[C@@]3(CC2Br)[C@H](C(=O)N(CC=C)CCN2CCOCC2)N([C@@H](CO)CC(C)C)C(=O)[C@@H]13)c1ccccc1. The van der Waals surface area contributed by atoms with Gasteiger partial charge < -0.3 is 39.2 Å². The fraction of sp³-hybridized carbons (Fsp3) is 0.650. The topological polar surface area (TPSA) is 147 Å². The number of fused-ring (bicyclic) bond motifs is 1. The number of alkyl halides is 1. The summed E-state index contributed by atoms with van der Waals surface area (Å²) in [5.74, 6) is -3.65. The zero-order valence-corrected chi connectivity index (χ0v) is 33.4. The number of nitrogens with zero attached hydrogens (tertiary/aromatic N) is 3. The Balaban J connectivity index is 1.51. The second kappa shape index (κ2) is 19.1. The highest BCUT2D eigenvalue weighted by Crippen LogP contribution is 2.61. The Morgan fingerprint density at radius 1 is 1.17 bits per heavy atom. The van der Waals surface area contributed by atoms with E-state index in [2.05, 4.69) is 39.3 Å². The van der Waals surface area contributed by atoms with Crippen LogP contribution in [-0.4, -0.2) is 144 Å². The fourth-order valence-electron chi connectivity index (χ4n) is 8.66. The third kappa shape index (κ3) is 8.94. The maximum absolute atomic E-state index is 15.0. The van der Waals surface area contributed by atoms with Crippen LogP contribution in [-0.2, 0) is 38.1 Å². The molecule has 1 aromatic carbocycles. The number of hydrogen-bond acceptors (Lipinski definition) is 10. The summed E-state index contributed by atoms with van der Waals surface area (Å²) in [5.41, 5.74) is -0.719. The molecule has 4 aliphatic rings. The number of aliphatic hydroxyl groups is 1.